The number of benzene rings is 2. The van der Waals surface area contributed by atoms with Crippen LogP contribution in [0.25, 0.3) is 0 Å². The van der Waals surface area contributed by atoms with E-state index in [1.54, 1.807) is 12.1 Å². The van der Waals surface area contributed by atoms with E-state index in [0.717, 1.165) is 18.4 Å². The van der Waals surface area contributed by atoms with E-state index in [1.807, 2.05) is 24.3 Å². The Hall–Kier alpha value is -1.89. The van der Waals surface area contributed by atoms with Crippen molar-refractivity contribution < 1.29 is 22.8 Å². The van der Waals surface area contributed by atoms with Crippen LogP contribution in [0.2, 0.25) is 0 Å². The topological polar surface area (TPSA) is 83.8 Å². The molecule has 0 saturated heterocycles. The first-order valence-electron chi connectivity index (χ1n) is 9.69. The molecular weight excluding hydrogens is 376 g/mol. The molecule has 2 rings (SSSR count). The van der Waals surface area contributed by atoms with Crippen LogP contribution in [0.5, 0.6) is 5.75 Å². The van der Waals surface area contributed by atoms with Crippen LogP contribution in [0.15, 0.2) is 48.5 Å². The predicted molar refractivity (Wildman–Crippen MR) is 111 cm³/mol. The molecule has 5 nitrogen and oxygen atoms in total. The Kier molecular flexibility index (Phi) is 8.48. The van der Waals surface area contributed by atoms with Crippen molar-refractivity contribution in [2.45, 2.75) is 51.6 Å². The van der Waals surface area contributed by atoms with Gasteiger partial charge in [-0.2, -0.15) is 8.42 Å². The van der Waals surface area contributed by atoms with E-state index in [2.05, 4.69) is 26.0 Å². The maximum Gasteiger partial charge on any atom is 0.264 e. The summed E-state index contributed by atoms with van der Waals surface area (Å²) in [4.78, 5) is 0. The van der Waals surface area contributed by atoms with Crippen LogP contribution in [-0.2, 0) is 21.5 Å². The van der Waals surface area contributed by atoms with Crippen molar-refractivity contribution in [1.82, 2.24) is 0 Å². The third kappa shape index (κ3) is 7.62. The molecule has 0 spiro atoms. The Bertz CT molecular complexity index is 813. The predicted octanol–water partition coefficient (Wildman–Crippen LogP) is 4.87. The summed E-state index contributed by atoms with van der Waals surface area (Å²) in [6.45, 7) is 5.13. The average Bonchev–Trinajstić information content (AvgIpc) is 2.66. The average molecular weight is 407 g/mol. The van der Waals surface area contributed by atoms with Gasteiger partial charge in [-0.25, -0.2) is 0 Å². The van der Waals surface area contributed by atoms with Gasteiger partial charge in [-0.1, -0.05) is 50.2 Å². The summed E-state index contributed by atoms with van der Waals surface area (Å²) >= 11 is 0. The van der Waals surface area contributed by atoms with Gasteiger partial charge in [-0.15, -0.1) is 0 Å². The lowest BCUT2D eigenvalue weighted by atomic mass is 9.84. The highest BCUT2D eigenvalue weighted by molar-refractivity contribution is 7.85. The van der Waals surface area contributed by atoms with Crippen molar-refractivity contribution in [2.24, 2.45) is 0 Å². The summed E-state index contributed by atoms with van der Waals surface area (Å²) in [5, 5.41) is 9.45. The molecule has 0 radical (unpaired) electrons. The van der Waals surface area contributed by atoms with Gasteiger partial charge < -0.3 is 9.84 Å². The Morgan fingerprint density at radius 2 is 1.61 bits per heavy atom. The molecule has 2 N–H and O–H groups in total. The fourth-order valence-electron chi connectivity index (χ4n) is 3.32. The molecule has 2 atom stereocenters. The molecule has 2 aromatic carbocycles. The van der Waals surface area contributed by atoms with E-state index in [0.29, 0.717) is 30.8 Å². The fraction of sp³-hybridized carbons (Fsp3) is 0.455. The van der Waals surface area contributed by atoms with Gasteiger partial charge in [0, 0.05) is 6.61 Å². The van der Waals surface area contributed by atoms with Gasteiger partial charge in [-0.3, -0.25) is 4.55 Å². The minimum absolute atomic E-state index is 0.274. The number of hydrogen-bond donors (Lipinski definition) is 2. The van der Waals surface area contributed by atoms with Crippen molar-refractivity contribution in [2.75, 3.05) is 12.4 Å². The number of ether oxygens (including phenoxy) is 1. The molecule has 0 aliphatic rings. The van der Waals surface area contributed by atoms with Crippen molar-refractivity contribution in [3.8, 4) is 5.75 Å². The maximum absolute atomic E-state index is 10.7. The number of phenolic OH excluding ortho intramolecular Hbond substituents is 1. The molecule has 0 aromatic heterocycles. The first kappa shape index (κ1) is 22.4. The third-order valence-corrected chi connectivity index (χ3v) is 5.81. The van der Waals surface area contributed by atoms with Gasteiger partial charge in [0.1, 0.15) is 5.75 Å². The molecule has 0 saturated carbocycles. The van der Waals surface area contributed by atoms with Gasteiger partial charge in [0.25, 0.3) is 10.1 Å². The van der Waals surface area contributed by atoms with Crippen LogP contribution in [-0.4, -0.2) is 30.4 Å². The normalized spacial score (nSPS) is 14.0. The molecule has 0 heterocycles. The maximum atomic E-state index is 10.7. The molecule has 0 aliphatic heterocycles. The SMILES string of the molecule is CCC(CC(C)c1ccc(O)cc1)c1ccc(COCCCS(=O)(=O)O)cc1. The number of rotatable bonds is 11. The Morgan fingerprint density at radius 3 is 2.18 bits per heavy atom. The highest BCUT2D eigenvalue weighted by atomic mass is 32.2. The summed E-state index contributed by atoms with van der Waals surface area (Å²) in [5.74, 6) is 0.868. The van der Waals surface area contributed by atoms with Gasteiger partial charge in [0.2, 0.25) is 0 Å². The van der Waals surface area contributed by atoms with Crippen molar-refractivity contribution >= 4 is 10.1 Å². The van der Waals surface area contributed by atoms with E-state index in [9.17, 15) is 13.5 Å². The molecule has 0 bridgehead atoms. The van der Waals surface area contributed by atoms with Gasteiger partial charge in [0.15, 0.2) is 0 Å². The van der Waals surface area contributed by atoms with Crippen LogP contribution < -0.4 is 0 Å². The molecule has 0 aliphatic carbocycles. The van der Waals surface area contributed by atoms with Crippen molar-refractivity contribution in [3.63, 3.8) is 0 Å². The quantitative estimate of drug-likeness (QED) is 0.411. The summed E-state index contributed by atoms with van der Waals surface area (Å²) in [7, 11) is -3.91. The molecular formula is C22H30O5S. The van der Waals surface area contributed by atoms with Crippen molar-refractivity contribution in [1.29, 1.82) is 0 Å². The van der Waals surface area contributed by atoms with Gasteiger partial charge in [-0.05, 0) is 59.9 Å². The zero-order valence-corrected chi connectivity index (χ0v) is 17.4. The number of hydrogen-bond acceptors (Lipinski definition) is 4. The second-order valence-corrected chi connectivity index (χ2v) is 8.84. The Balaban J connectivity index is 1.86. The van der Waals surface area contributed by atoms with Crippen LogP contribution in [0.3, 0.4) is 0 Å². The van der Waals surface area contributed by atoms with Crippen molar-refractivity contribution in [3.05, 3.63) is 65.2 Å². The Labute approximate surface area is 168 Å². The van der Waals surface area contributed by atoms with Crippen LogP contribution in [0, 0.1) is 0 Å². The fourth-order valence-corrected chi connectivity index (χ4v) is 3.81. The van der Waals surface area contributed by atoms with E-state index in [1.165, 1.54) is 11.1 Å². The first-order valence-corrected chi connectivity index (χ1v) is 11.3. The number of phenols is 1. The molecule has 2 aromatic rings. The molecule has 28 heavy (non-hydrogen) atoms. The highest BCUT2D eigenvalue weighted by Gasteiger charge is 2.15. The lowest BCUT2D eigenvalue weighted by Gasteiger charge is -2.21. The summed E-state index contributed by atoms with van der Waals surface area (Å²) < 4.78 is 35.5. The first-order chi connectivity index (χ1) is 13.3. The zero-order chi connectivity index (χ0) is 20.6. The van der Waals surface area contributed by atoms with Crippen LogP contribution in [0.1, 0.15) is 61.6 Å². The van der Waals surface area contributed by atoms with Gasteiger partial charge in [0.05, 0.1) is 12.4 Å². The standard InChI is InChI=1S/C22H30O5S/c1-3-19(15-17(2)20-9-11-22(23)12-10-20)21-7-5-18(6-8-21)16-27-13-4-14-28(24,25)26/h5-12,17,19,23H,3-4,13-16H2,1-2H3,(H,24,25,26). The second-order valence-electron chi connectivity index (χ2n) is 7.27. The Morgan fingerprint density at radius 1 is 1.00 bits per heavy atom. The third-order valence-electron chi connectivity index (χ3n) is 5.00. The lowest BCUT2D eigenvalue weighted by Crippen LogP contribution is -2.07. The van der Waals surface area contributed by atoms with Crippen LogP contribution in [0.4, 0.5) is 0 Å². The molecule has 154 valence electrons. The smallest absolute Gasteiger partial charge is 0.264 e. The summed E-state index contributed by atoms with van der Waals surface area (Å²) in [5.41, 5.74) is 3.56. The zero-order valence-electron chi connectivity index (χ0n) is 16.5. The monoisotopic (exact) mass is 406 g/mol. The minimum atomic E-state index is -3.91. The second kappa shape index (κ2) is 10.6. The summed E-state index contributed by atoms with van der Waals surface area (Å²) in [6.07, 6.45) is 2.37. The van der Waals surface area contributed by atoms with Gasteiger partial charge >= 0.3 is 0 Å². The van der Waals surface area contributed by atoms with E-state index in [-0.39, 0.29) is 12.2 Å². The molecule has 0 amide bonds. The molecule has 2 unspecified atom stereocenters. The lowest BCUT2D eigenvalue weighted by molar-refractivity contribution is 0.121. The number of aromatic hydroxyl groups is 1. The van der Waals surface area contributed by atoms with Crippen LogP contribution >= 0.6 is 0 Å². The molecule has 0 fully saturated rings. The molecule has 6 heteroatoms. The van der Waals surface area contributed by atoms with E-state index in [4.69, 9.17) is 9.29 Å². The highest BCUT2D eigenvalue weighted by Crippen LogP contribution is 2.32. The largest absolute Gasteiger partial charge is 0.508 e. The van der Waals surface area contributed by atoms with E-state index < -0.39 is 10.1 Å². The summed E-state index contributed by atoms with van der Waals surface area (Å²) in [6, 6.07) is 15.8. The minimum Gasteiger partial charge on any atom is -0.508 e. The van der Waals surface area contributed by atoms with E-state index >= 15 is 0 Å².